The van der Waals surface area contributed by atoms with Crippen LogP contribution in [0.5, 0.6) is 34.5 Å². The molecule has 0 aliphatic carbocycles. The Kier molecular flexibility index (Phi) is 22.9. The molecule has 0 radical (unpaired) electrons. The standard InChI is InChI=1S/C26H27ClN2O3.C25H21ClN4O2S.C24H25N3O3.C23H20F3N3O3.H2/c1-25(2,17-30)19-7-5-18(6-8-19)24(31)28-14-11-26(12-15-28)23-4-3-13-29(23)21-10-9-20(27)16-22(21)32-26;1-29-22-18-4-2-3-5-21(18)32-25(19(22)14-27-29)10-12-30(13-11-25)24(31)20-15-33-23(28-20)16-6-8-17(26)9-7-16;1-16-7-6-9-18(22(16)29-3)23(28)27-13-11-24(12-14-27)19-15-25-26(2)21(19)17-8-4-5-10-20(17)30-24;1-28-19-14-5-2-3-8-18(14)32-23(16(19)13-27-28)9-11-29(12-10-23)21(30)15-6-4-7-17(24)20(15)31-22(25)26;/h3-10,13,16,30H,11-12,14-15,17H2,1-2H3;2-9,14-15H,10-13H2,1H3;4-10,15H,11-14H2,1-3H3;2-8,13,22H,9-12H2,1H3;1H. The molecule has 29 heteroatoms. The average molecular weight is 1780 g/mol. The Morgan fingerprint density at radius 3 is 1.44 bits per heavy atom. The lowest BCUT2D eigenvalue weighted by molar-refractivity contribution is -0.0528. The Hall–Kier alpha value is -12.7. The number of carbonyl (C=O) groups excluding carboxylic acids is 4. The topological polar surface area (TPSA) is 228 Å². The number of amides is 4. The van der Waals surface area contributed by atoms with Gasteiger partial charge in [0.25, 0.3) is 23.6 Å². The number of piperidine rings is 4. The lowest BCUT2D eigenvalue weighted by Gasteiger charge is -2.45. The molecule has 127 heavy (non-hydrogen) atoms. The van der Waals surface area contributed by atoms with E-state index in [0.717, 1.165) is 125 Å². The molecule has 1 N–H and O–H groups in total. The molecule has 8 aromatic carbocycles. The van der Waals surface area contributed by atoms with E-state index in [2.05, 4.69) is 54.0 Å². The number of nitrogens with zero attached hydrogens (tertiary/aromatic N) is 12. The van der Waals surface area contributed by atoms with E-state index in [9.17, 15) is 37.5 Å². The van der Waals surface area contributed by atoms with Crippen LogP contribution in [0.25, 0.3) is 50.0 Å². The molecule has 8 aliphatic heterocycles. The van der Waals surface area contributed by atoms with Crippen molar-refractivity contribution in [1.82, 2.24) is 58.5 Å². The molecule has 8 aliphatic rings. The number of fused-ring (bicyclic) bond motifs is 16. The second kappa shape index (κ2) is 34.2. The van der Waals surface area contributed by atoms with Crippen LogP contribution in [-0.2, 0) is 49.0 Å². The lowest BCUT2D eigenvalue weighted by Crippen LogP contribution is -2.50. The molecule has 4 amide bonds. The van der Waals surface area contributed by atoms with E-state index in [-0.39, 0.29) is 36.7 Å². The molecule has 4 saturated heterocycles. The Bertz CT molecular complexity index is 6360. The van der Waals surface area contributed by atoms with Crippen LogP contribution in [0, 0.1) is 12.7 Å². The van der Waals surface area contributed by atoms with Gasteiger partial charge in [-0.25, -0.2) is 9.37 Å². The monoisotopic (exact) mass is 1770 g/mol. The lowest BCUT2D eigenvalue weighted by atomic mass is 9.81. The van der Waals surface area contributed by atoms with Crippen molar-refractivity contribution >= 4 is 58.2 Å². The van der Waals surface area contributed by atoms with Crippen LogP contribution in [-0.4, -0.2) is 160 Å². The van der Waals surface area contributed by atoms with Gasteiger partial charge in [0.15, 0.2) is 17.2 Å². The van der Waals surface area contributed by atoms with E-state index in [1.165, 1.54) is 28.4 Å². The van der Waals surface area contributed by atoms with Gasteiger partial charge in [-0.05, 0) is 121 Å². The van der Waals surface area contributed by atoms with Gasteiger partial charge in [-0.3, -0.25) is 33.2 Å². The second-order valence-corrected chi connectivity index (χ2v) is 35.6. The normalized spacial score (nSPS) is 16.6. The van der Waals surface area contributed by atoms with Crippen molar-refractivity contribution in [1.29, 1.82) is 0 Å². The number of aliphatic hydroxyl groups is 1. The highest BCUT2D eigenvalue weighted by Gasteiger charge is 2.51. The summed E-state index contributed by atoms with van der Waals surface area (Å²) in [5.74, 6) is 1.65. The molecule has 654 valence electrons. The Balaban J connectivity index is 0.000000120. The van der Waals surface area contributed by atoms with E-state index < -0.39 is 46.5 Å². The van der Waals surface area contributed by atoms with Gasteiger partial charge in [-0.1, -0.05) is 116 Å². The van der Waals surface area contributed by atoms with Crippen molar-refractivity contribution in [3.8, 4) is 84.5 Å². The van der Waals surface area contributed by atoms with Crippen molar-refractivity contribution in [2.45, 2.75) is 107 Å². The number of likely N-dealkylation sites (tertiary alicyclic amines) is 4. The molecule has 4 spiro atoms. The number of ether oxygens (including phenoxy) is 6. The van der Waals surface area contributed by atoms with Crippen LogP contribution < -0.4 is 28.4 Å². The molecule has 13 aromatic rings. The van der Waals surface area contributed by atoms with E-state index >= 15 is 0 Å². The van der Waals surface area contributed by atoms with E-state index in [1.807, 2.05) is 240 Å². The molecule has 21 rings (SSSR count). The van der Waals surface area contributed by atoms with Crippen molar-refractivity contribution in [2.24, 2.45) is 21.1 Å². The van der Waals surface area contributed by atoms with Crippen LogP contribution in [0.15, 0.2) is 218 Å². The van der Waals surface area contributed by atoms with Crippen LogP contribution in [0.2, 0.25) is 10.0 Å². The molecular weight excluding hydrogens is 1680 g/mol. The highest BCUT2D eigenvalue weighted by atomic mass is 35.5. The maximum atomic E-state index is 14.1. The van der Waals surface area contributed by atoms with Gasteiger partial charge in [0.05, 0.1) is 71.9 Å². The third kappa shape index (κ3) is 15.8. The molecule has 0 saturated carbocycles. The number of methoxy groups -OCH3 is 1. The number of halogens is 5. The first-order valence-corrected chi connectivity index (χ1v) is 44.0. The Morgan fingerprint density at radius 1 is 0.520 bits per heavy atom. The number of hydrogen-bond donors (Lipinski definition) is 1. The summed E-state index contributed by atoms with van der Waals surface area (Å²) < 4.78 is 83.4. The van der Waals surface area contributed by atoms with Gasteiger partial charge in [0.2, 0.25) is 0 Å². The number of benzene rings is 8. The minimum absolute atomic E-state index is 0. The number of carbonyl (C=O) groups is 4. The predicted octanol–water partition coefficient (Wildman–Crippen LogP) is 18.8. The average Bonchev–Trinajstić information content (AvgIpc) is 1.57. The van der Waals surface area contributed by atoms with E-state index in [4.69, 9.17) is 46.9 Å². The van der Waals surface area contributed by atoms with E-state index in [1.54, 1.807) is 13.3 Å². The van der Waals surface area contributed by atoms with Crippen LogP contribution in [0.3, 0.4) is 0 Å². The first-order valence-electron chi connectivity index (χ1n) is 42.4. The van der Waals surface area contributed by atoms with Gasteiger partial charge in [-0.15, -0.1) is 11.3 Å². The van der Waals surface area contributed by atoms with Crippen molar-refractivity contribution in [3.05, 3.63) is 290 Å². The second-order valence-electron chi connectivity index (χ2n) is 33.8. The smallest absolute Gasteiger partial charge is 0.387 e. The van der Waals surface area contributed by atoms with Crippen LogP contribution in [0.4, 0.5) is 13.2 Å². The summed E-state index contributed by atoms with van der Waals surface area (Å²) in [7, 11) is 7.43. The minimum atomic E-state index is -3.23. The van der Waals surface area contributed by atoms with Crippen LogP contribution in [0.1, 0.15) is 142 Å². The van der Waals surface area contributed by atoms with Gasteiger partial charge in [0.1, 0.15) is 56.3 Å². The van der Waals surface area contributed by atoms with Crippen LogP contribution >= 0.6 is 34.5 Å². The Morgan fingerprint density at radius 2 is 0.961 bits per heavy atom. The number of thiazole rings is 1. The first kappa shape index (κ1) is 85.1. The summed E-state index contributed by atoms with van der Waals surface area (Å²) in [4.78, 5) is 64.5. The molecule has 0 unspecified atom stereocenters. The third-order valence-corrected chi connectivity index (χ3v) is 27.3. The summed E-state index contributed by atoms with van der Waals surface area (Å²) in [6.45, 7) is 7.03. The number of para-hydroxylation sites is 5. The number of aromatic nitrogens is 8. The zero-order valence-electron chi connectivity index (χ0n) is 71.1. The predicted molar refractivity (Wildman–Crippen MR) is 478 cm³/mol. The molecule has 0 atom stereocenters. The summed E-state index contributed by atoms with van der Waals surface area (Å²) >= 11 is 13.7. The molecule has 4 fully saturated rings. The van der Waals surface area contributed by atoms with E-state index in [0.29, 0.717) is 123 Å². The summed E-state index contributed by atoms with van der Waals surface area (Å²) in [6, 6.07) is 58.2. The van der Waals surface area contributed by atoms with Crippen molar-refractivity contribution < 1.29 is 67.3 Å². The molecule has 5 aromatic heterocycles. The van der Waals surface area contributed by atoms with Crippen molar-refractivity contribution in [3.63, 3.8) is 0 Å². The number of hydrogen-bond acceptors (Lipinski definition) is 16. The zero-order valence-corrected chi connectivity index (χ0v) is 73.4. The minimum Gasteiger partial charge on any atom is -0.496 e. The maximum Gasteiger partial charge on any atom is 0.387 e. The number of aliphatic hydroxyl groups excluding tert-OH is 1. The maximum absolute atomic E-state index is 14.1. The molecular formula is C98H95Cl2F3N12O11S. The SMILES string of the molecule is CC(C)(CO)c1ccc(C(=O)N2CCC3(CC2)Oc2cc(Cl)ccc2-n2cccc23)cc1.COc1c(C)cccc1C(=O)N1CCC2(CC1)Oc1ccccc1-c1c2cnn1C.Cn1ncc2c1-c1ccccc1OC21CCN(C(=O)c2cccc(F)c2OC(F)F)CC1.Cn1ncc2c1-c1ccccc1OC21CCN(C(=O)c2csc(-c3ccc(Cl)cc3)n2)CC1.[HH]. The summed E-state index contributed by atoms with van der Waals surface area (Å²) in [5, 5.41) is 27.0. The largest absolute Gasteiger partial charge is 0.496 e. The fourth-order valence-electron chi connectivity index (χ4n) is 19.0. The highest BCUT2D eigenvalue weighted by Crippen LogP contribution is 2.54. The first-order chi connectivity index (χ1) is 61.3. The summed E-state index contributed by atoms with van der Waals surface area (Å²) in [6.07, 6.45) is 12.9. The fourth-order valence-corrected chi connectivity index (χ4v) is 20.1. The Labute approximate surface area is 747 Å². The van der Waals surface area contributed by atoms with Gasteiger partial charge in [0, 0.05) is 204 Å². The number of alkyl halides is 2. The van der Waals surface area contributed by atoms with Gasteiger partial charge in [-0.2, -0.15) is 24.1 Å². The van der Waals surface area contributed by atoms with Crippen molar-refractivity contribution in [2.75, 3.05) is 66.1 Å². The quantitative estimate of drug-likeness (QED) is 0.134. The highest BCUT2D eigenvalue weighted by molar-refractivity contribution is 7.13. The fraction of sp³-hybridized carbons (Fsp3) is 0.306. The van der Waals surface area contributed by atoms with Gasteiger partial charge >= 0.3 is 6.61 Å². The summed E-state index contributed by atoms with van der Waals surface area (Å²) in [5.41, 5.74) is 13.7. The zero-order chi connectivity index (χ0) is 88.4. The third-order valence-electron chi connectivity index (χ3n) is 25.9. The molecule has 13 heterocycles. The molecule has 0 bridgehead atoms. The van der Waals surface area contributed by atoms with Gasteiger partial charge < -0.3 is 57.7 Å². The number of aryl methyl sites for hydroxylation is 4. The number of rotatable bonds is 10. The molecule has 23 nitrogen and oxygen atoms in total.